The Morgan fingerprint density at radius 2 is 2.04 bits per heavy atom. The third-order valence-corrected chi connectivity index (χ3v) is 4.33. The zero-order chi connectivity index (χ0) is 19.6. The second kappa shape index (κ2) is 7.41. The summed E-state index contributed by atoms with van der Waals surface area (Å²) in [5, 5.41) is 9.74. The molecule has 0 aromatic carbocycles. The Balaban J connectivity index is 1.49. The van der Waals surface area contributed by atoms with Crippen molar-refractivity contribution in [2.75, 3.05) is 18.4 Å². The number of rotatable bonds is 4. The van der Waals surface area contributed by atoms with Crippen molar-refractivity contribution in [2.45, 2.75) is 32.5 Å². The SMILES string of the molecule is Cc1cc(NC(=O)C2CCN(C(=O)Cn3ccc(C(F)(F)F)n3)CC2)no1. The van der Waals surface area contributed by atoms with Crippen LogP contribution in [-0.2, 0) is 22.3 Å². The first-order valence-corrected chi connectivity index (χ1v) is 8.35. The number of anilines is 1. The summed E-state index contributed by atoms with van der Waals surface area (Å²) in [5.41, 5.74) is -1.03. The molecule has 1 saturated heterocycles. The molecular formula is C16H18F3N5O3. The summed E-state index contributed by atoms with van der Waals surface area (Å²) in [5.74, 6) is 0.121. The molecule has 11 heteroatoms. The van der Waals surface area contributed by atoms with Gasteiger partial charge in [0.2, 0.25) is 11.8 Å². The summed E-state index contributed by atoms with van der Waals surface area (Å²) < 4.78 is 43.5. The lowest BCUT2D eigenvalue weighted by atomic mass is 9.96. The van der Waals surface area contributed by atoms with Crippen molar-refractivity contribution < 1.29 is 27.3 Å². The third kappa shape index (κ3) is 4.66. The number of amides is 2. The molecule has 0 bridgehead atoms. The van der Waals surface area contributed by atoms with E-state index in [1.165, 1.54) is 4.90 Å². The number of piperidine rings is 1. The lowest BCUT2D eigenvalue weighted by Crippen LogP contribution is -2.42. The predicted molar refractivity (Wildman–Crippen MR) is 86.4 cm³/mol. The molecule has 146 valence electrons. The highest BCUT2D eigenvalue weighted by Crippen LogP contribution is 2.27. The van der Waals surface area contributed by atoms with Crippen LogP contribution in [0.4, 0.5) is 19.0 Å². The molecule has 3 rings (SSSR count). The molecule has 0 saturated carbocycles. The molecule has 0 atom stereocenters. The molecule has 2 aromatic heterocycles. The van der Waals surface area contributed by atoms with E-state index in [2.05, 4.69) is 15.6 Å². The van der Waals surface area contributed by atoms with Crippen LogP contribution in [0.5, 0.6) is 0 Å². The number of nitrogens with one attached hydrogen (secondary N) is 1. The first-order valence-electron chi connectivity index (χ1n) is 8.35. The van der Waals surface area contributed by atoms with Crippen LogP contribution in [0.25, 0.3) is 0 Å². The van der Waals surface area contributed by atoms with Gasteiger partial charge in [-0.25, -0.2) is 0 Å². The maximum atomic E-state index is 12.6. The topological polar surface area (TPSA) is 93.3 Å². The predicted octanol–water partition coefficient (Wildman–Crippen LogP) is 2.08. The molecule has 1 aliphatic rings. The van der Waals surface area contributed by atoms with Gasteiger partial charge in [-0.1, -0.05) is 5.16 Å². The van der Waals surface area contributed by atoms with Crippen molar-refractivity contribution in [1.29, 1.82) is 0 Å². The van der Waals surface area contributed by atoms with Crippen LogP contribution in [0.1, 0.15) is 24.3 Å². The number of hydrogen-bond acceptors (Lipinski definition) is 5. The van der Waals surface area contributed by atoms with Crippen LogP contribution in [0.3, 0.4) is 0 Å². The van der Waals surface area contributed by atoms with Gasteiger partial charge < -0.3 is 14.7 Å². The van der Waals surface area contributed by atoms with E-state index in [1.54, 1.807) is 13.0 Å². The Hall–Kier alpha value is -2.85. The van der Waals surface area contributed by atoms with E-state index in [9.17, 15) is 22.8 Å². The second-order valence-electron chi connectivity index (χ2n) is 6.36. The molecule has 27 heavy (non-hydrogen) atoms. The number of nitrogens with zero attached hydrogens (tertiary/aromatic N) is 4. The summed E-state index contributed by atoms with van der Waals surface area (Å²) in [6.07, 6.45) is -2.49. The molecular weight excluding hydrogens is 367 g/mol. The lowest BCUT2D eigenvalue weighted by Gasteiger charge is -2.31. The summed E-state index contributed by atoms with van der Waals surface area (Å²) in [6.45, 7) is 2.14. The number of halogens is 3. The molecule has 0 unspecified atom stereocenters. The van der Waals surface area contributed by atoms with Crippen molar-refractivity contribution >= 4 is 17.6 Å². The maximum Gasteiger partial charge on any atom is 0.435 e. The average Bonchev–Trinajstić information content (AvgIpc) is 3.24. The van der Waals surface area contributed by atoms with Gasteiger partial charge >= 0.3 is 6.18 Å². The minimum Gasteiger partial charge on any atom is -0.360 e. The van der Waals surface area contributed by atoms with Crippen molar-refractivity contribution in [1.82, 2.24) is 19.8 Å². The molecule has 3 heterocycles. The van der Waals surface area contributed by atoms with Gasteiger partial charge in [-0.05, 0) is 25.8 Å². The van der Waals surface area contributed by atoms with Crippen molar-refractivity contribution in [2.24, 2.45) is 5.92 Å². The monoisotopic (exact) mass is 385 g/mol. The largest absolute Gasteiger partial charge is 0.435 e. The summed E-state index contributed by atoms with van der Waals surface area (Å²) >= 11 is 0. The van der Waals surface area contributed by atoms with Gasteiger partial charge in [-0.2, -0.15) is 18.3 Å². The van der Waals surface area contributed by atoms with Gasteiger partial charge in [0.05, 0.1) is 0 Å². The average molecular weight is 385 g/mol. The zero-order valence-electron chi connectivity index (χ0n) is 14.5. The van der Waals surface area contributed by atoms with Crippen LogP contribution in [0.2, 0.25) is 0 Å². The minimum absolute atomic E-state index is 0.197. The Labute approximate surface area is 152 Å². The van der Waals surface area contributed by atoms with Gasteiger partial charge in [0.15, 0.2) is 11.5 Å². The van der Waals surface area contributed by atoms with E-state index in [-0.39, 0.29) is 24.3 Å². The highest BCUT2D eigenvalue weighted by molar-refractivity contribution is 5.91. The summed E-state index contributed by atoms with van der Waals surface area (Å²) in [7, 11) is 0. The van der Waals surface area contributed by atoms with Gasteiger partial charge in [0.25, 0.3) is 0 Å². The number of likely N-dealkylation sites (tertiary alicyclic amines) is 1. The first kappa shape index (κ1) is 18.9. The molecule has 0 aliphatic carbocycles. The summed E-state index contributed by atoms with van der Waals surface area (Å²) in [4.78, 5) is 26.0. The third-order valence-electron chi connectivity index (χ3n) is 4.33. The zero-order valence-corrected chi connectivity index (χ0v) is 14.5. The number of hydrogen-bond donors (Lipinski definition) is 1. The van der Waals surface area contributed by atoms with Crippen LogP contribution >= 0.6 is 0 Å². The van der Waals surface area contributed by atoms with E-state index < -0.39 is 11.9 Å². The fraction of sp³-hybridized carbons (Fsp3) is 0.500. The standard InChI is InChI=1S/C16H18F3N5O3/c1-10-8-13(22-27-10)20-15(26)11-2-5-23(6-3-11)14(25)9-24-7-4-12(21-24)16(17,18)19/h4,7-8,11H,2-3,5-6,9H2,1H3,(H,20,22,26). The second-order valence-corrected chi connectivity index (χ2v) is 6.36. The molecule has 1 fully saturated rings. The number of aryl methyl sites for hydroxylation is 1. The van der Waals surface area contributed by atoms with Crippen molar-refractivity contribution in [3.63, 3.8) is 0 Å². The van der Waals surface area contributed by atoms with Crippen LogP contribution in [-0.4, -0.2) is 44.7 Å². The van der Waals surface area contributed by atoms with E-state index in [0.717, 1.165) is 16.9 Å². The fourth-order valence-electron chi connectivity index (χ4n) is 2.88. The Morgan fingerprint density at radius 3 is 2.59 bits per heavy atom. The molecule has 2 aromatic rings. The van der Waals surface area contributed by atoms with E-state index in [0.29, 0.717) is 37.5 Å². The van der Waals surface area contributed by atoms with Gasteiger partial charge in [0.1, 0.15) is 12.3 Å². The molecule has 2 amide bonds. The number of alkyl halides is 3. The van der Waals surface area contributed by atoms with Crippen molar-refractivity contribution in [3.8, 4) is 0 Å². The molecule has 1 N–H and O–H groups in total. The van der Waals surface area contributed by atoms with E-state index in [1.807, 2.05) is 0 Å². The van der Waals surface area contributed by atoms with Gasteiger partial charge in [-0.3, -0.25) is 14.3 Å². The Morgan fingerprint density at radius 1 is 1.33 bits per heavy atom. The minimum atomic E-state index is -4.54. The van der Waals surface area contributed by atoms with Gasteiger partial charge in [-0.15, -0.1) is 0 Å². The number of carbonyl (C=O) groups is 2. The highest BCUT2D eigenvalue weighted by Gasteiger charge is 2.34. The fourth-order valence-corrected chi connectivity index (χ4v) is 2.88. The number of carbonyl (C=O) groups excluding carboxylic acids is 2. The molecule has 8 nitrogen and oxygen atoms in total. The Kier molecular flexibility index (Phi) is 5.19. The molecule has 0 radical (unpaired) electrons. The summed E-state index contributed by atoms with van der Waals surface area (Å²) in [6, 6.07) is 2.44. The molecule has 0 spiro atoms. The van der Waals surface area contributed by atoms with Crippen LogP contribution in [0, 0.1) is 12.8 Å². The highest BCUT2D eigenvalue weighted by atomic mass is 19.4. The normalized spacial score (nSPS) is 15.8. The van der Waals surface area contributed by atoms with Crippen LogP contribution in [0.15, 0.2) is 22.9 Å². The number of aromatic nitrogens is 3. The molecule has 1 aliphatic heterocycles. The first-order chi connectivity index (χ1) is 12.7. The Bertz CT molecular complexity index is 821. The van der Waals surface area contributed by atoms with Gasteiger partial charge in [0, 0.05) is 31.3 Å². The van der Waals surface area contributed by atoms with E-state index >= 15 is 0 Å². The maximum absolute atomic E-state index is 12.6. The van der Waals surface area contributed by atoms with Crippen molar-refractivity contribution in [3.05, 3.63) is 29.8 Å². The quantitative estimate of drug-likeness (QED) is 0.870. The lowest BCUT2D eigenvalue weighted by molar-refractivity contribution is -0.142. The smallest absolute Gasteiger partial charge is 0.360 e. The van der Waals surface area contributed by atoms with Crippen LogP contribution < -0.4 is 5.32 Å². The van der Waals surface area contributed by atoms with E-state index in [4.69, 9.17) is 4.52 Å².